The Hall–Kier alpha value is -0.800. The normalized spacial score (nSPS) is 37.2. The average Bonchev–Trinajstić information content (AvgIpc) is 3.20. The van der Waals surface area contributed by atoms with Crippen molar-refractivity contribution in [2.24, 2.45) is 5.92 Å². The highest BCUT2D eigenvalue weighted by Gasteiger charge is 2.36. The molecular formula is C17H26N2O. The summed E-state index contributed by atoms with van der Waals surface area (Å²) in [6, 6.07) is 4.19. The SMILES string of the molecule is c1cc2c(o1)CCCC2NC1CCCC1C1CCCN1. The molecule has 0 aromatic carbocycles. The molecule has 0 radical (unpaired) electrons. The highest BCUT2D eigenvalue weighted by atomic mass is 16.3. The van der Waals surface area contributed by atoms with Crippen molar-refractivity contribution in [1.29, 1.82) is 0 Å². The van der Waals surface area contributed by atoms with E-state index in [4.69, 9.17) is 4.42 Å². The minimum atomic E-state index is 0.532. The molecule has 3 nitrogen and oxygen atoms in total. The van der Waals surface area contributed by atoms with Gasteiger partial charge in [-0.05, 0) is 57.1 Å². The molecule has 1 aliphatic heterocycles. The summed E-state index contributed by atoms with van der Waals surface area (Å²) in [6.07, 6.45) is 12.4. The molecule has 1 saturated carbocycles. The van der Waals surface area contributed by atoms with Gasteiger partial charge in [0.2, 0.25) is 0 Å². The second-order valence-corrected chi connectivity index (χ2v) is 6.81. The number of hydrogen-bond donors (Lipinski definition) is 2. The molecule has 1 saturated heterocycles. The monoisotopic (exact) mass is 274 g/mol. The van der Waals surface area contributed by atoms with Gasteiger partial charge >= 0.3 is 0 Å². The molecule has 4 rings (SSSR count). The molecule has 0 bridgehead atoms. The summed E-state index contributed by atoms with van der Waals surface area (Å²) in [6.45, 7) is 1.23. The number of rotatable bonds is 3. The first-order valence-corrected chi connectivity index (χ1v) is 8.47. The lowest BCUT2D eigenvalue weighted by Gasteiger charge is -2.32. The van der Waals surface area contributed by atoms with Crippen molar-refractivity contribution in [2.75, 3.05) is 6.54 Å². The van der Waals surface area contributed by atoms with Crippen LogP contribution in [0.2, 0.25) is 0 Å². The van der Waals surface area contributed by atoms with Gasteiger partial charge in [-0.15, -0.1) is 0 Å². The summed E-state index contributed by atoms with van der Waals surface area (Å²) < 4.78 is 5.62. The standard InChI is InChI=1S/C17H26N2O/c1-4-12(14-7-3-10-18-14)15(5-1)19-16-6-2-8-17-13(16)9-11-20-17/h9,11-12,14-16,18-19H,1-8,10H2. The second-order valence-electron chi connectivity index (χ2n) is 6.81. The molecule has 1 aromatic heterocycles. The minimum Gasteiger partial charge on any atom is -0.469 e. The molecule has 2 heterocycles. The molecule has 110 valence electrons. The van der Waals surface area contributed by atoms with Crippen molar-refractivity contribution < 1.29 is 4.42 Å². The lowest BCUT2D eigenvalue weighted by molar-refractivity contribution is 0.283. The Labute approximate surface area is 121 Å². The van der Waals surface area contributed by atoms with E-state index in [0.717, 1.165) is 18.4 Å². The van der Waals surface area contributed by atoms with E-state index in [1.165, 1.54) is 62.8 Å². The number of fused-ring (bicyclic) bond motifs is 1. The lowest BCUT2D eigenvalue weighted by atomic mass is 9.89. The molecule has 2 N–H and O–H groups in total. The highest BCUT2D eigenvalue weighted by Crippen LogP contribution is 2.36. The summed E-state index contributed by atoms with van der Waals surface area (Å²) >= 11 is 0. The lowest BCUT2D eigenvalue weighted by Crippen LogP contribution is -2.43. The predicted molar refractivity (Wildman–Crippen MR) is 79.7 cm³/mol. The van der Waals surface area contributed by atoms with E-state index in [-0.39, 0.29) is 0 Å². The number of nitrogens with one attached hydrogen (secondary N) is 2. The summed E-state index contributed by atoms with van der Waals surface area (Å²) in [4.78, 5) is 0. The van der Waals surface area contributed by atoms with Crippen molar-refractivity contribution in [1.82, 2.24) is 10.6 Å². The molecule has 4 unspecified atom stereocenters. The fraction of sp³-hybridized carbons (Fsp3) is 0.765. The van der Waals surface area contributed by atoms with Crippen LogP contribution in [0.1, 0.15) is 62.3 Å². The van der Waals surface area contributed by atoms with Gasteiger partial charge in [0.1, 0.15) is 5.76 Å². The first-order chi connectivity index (χ1) is 9.92. The molecule has 3 aliphatic rings. The largest absolute Gasteiger partial charge is 0.469 e. The van der Waals surface area contributed by atoms with Crippen molar-refractivity contribution in [3.63, 3.8) is 0 Å². The highest BCUT2D eigenvalue weighted by molar-refractivity contribution is 5.24. The topological polar surface area (TPSA) is 37.2 Å². The molecular weight excluding hydrogens is 248 g/mol. The van der Waals surface area contributed by atoms with Crippen LogP contribution in [0.3, 0.4) is 0 Å². The molecule has 4 atom stereocenters. The van der Waals surface area contributed by atoms with Crippen LogP contribution >= 0.6 is 0 Å². The zero-order valence-corrected chi connectivity index (χ0v) is 12.2. The van der Waals surface area contributed by atoms with Gasteiger partial charge in [0.15, 0.2) is 0 Å². The summed E-state index contributed by atoms with van der Waals surface area (Å²) in [7, 11) is 0. The Morgan fingerprint density at radius 1 is 1.10 bits per heavy atom. The fourth-order valence-electron chi connectivity index (χ4n) is 4.67. The van der Waals surface area contributed by atoms with E-state index in [9.17, 15) is 0 Å². The Bertz CT molecular complexity index is 450. The van der Waals surface area contributed by atoms with Crippen LogP contribution in [0.25, 0.3) is 0 Å². The van der Waals surface area contributed by atoms with Gasteiger partial charge in [-0.2, -0.15) is 0 Å². The summed E-state index contributed by atoms with van der Waals surface area (Å²) in [5, 5.41) is 7.71. The van der Waals surface area contributed by atoms with Gasteiger partial charge in [0.25, 0.3) is 0 Å². The van der Waals surface area contributed by atoms with E-state index in [1.807, 2.05) is 6.26 Å². The quantitative estimate of drug-likeness (QED) is 0.889. The van der Waals surface area contributed by atoms with Crippen molar-refractivity contribution in [3.05, 3.63) is 23.7 Å². The fourth-order valence-corrected chi connectivity index (χ4v) is 4.67. The van der Waals surface area contributed by atoms with Gasteiger partial charge in [-0.1, -0.05) is 6.42 Å². The third-order valence-corrected chi connectivity index (χ3v) is 5.65. The van der Waals surface area contributed by atoms with E-state index >= 15 is 0 Å². The van der Waals surface area contributed by atoms with Crippen LogP contribution in [0.4, 0.5) is 0 Å². The second kappa shape index (κ2) is 5.53. The first-order valence-electron chi connectivity index (χ1n) is 8.47. The van der Waals surface area contributed by atoms with Gasteiger partial charge in [-0.25, -0.2) is 0 Å². The van der Waals surface area contributed by atoms with E-state index in [0.29, 0.717) is 12.1 Å². The molecule has 1 aromatic rings. The number of aryl methyl sites for hydroxylation is 1. The Kier molecular flexibility index (Phi) is 3.57. The van der Waals surface area contributed by atoms with Gasteiger partial charge in [0.05, 0.1) is 6.26 Å². The third kappa shape index (κ3) is 2.31. The van der Waals surface area contributed by atoms with Crippen LogP contribution in [0.5, 0.6) is 0 Å². The Morgan fingerprint density at radius 3 is 3.00 bits per heavy atom. The Morgan fingerprint density at radius 2 is 2.10 bits per heavy atom. The molecule has 3 heteroatoms. The van der Waals surface area contributed by atoms with E-state index in [1.54, 1.807) is 0 Å². The van der Waals surface area contributed by atoms with Crippen LogP contribution in [-0.4, -0.2) is 18.6 Å². The maximum Gasteiger partial charge on any atom is 0.108 e. The van der Waals surface area contributed by atoms with E-state index in [2.05, 4.69) is 16.7 Å². The molecule has 2 aliphatic carbocycles. The molecule has 0 spiro atoms. The van der Waals surface area contributed by atoms with Crippen LogP contribution < -0.4 is 10.6 Å². The van der Waals surface area contributed by atoms with Crippen molar-refractivity contribution >= 4 is 0 Å². The smallest absolute Gasteiger partial charge is 0.108 e. The van der Waals surface area contributed by atoms with Crippen molar-refractivity contribution in [3.8, 4) is 0 Å². The van der Waals surface area contributed by atoms with E-state index < -0.39 is 0 Å². The Balaban J connectivity index is 1.46. The maximum atomic E-state index is 5.62. The molecule has 2 fully saturated rings. The molecule has 0 amide bonds. The molecule has 20 heavy (non-hydrogen) atoms. The van der Waals surface area contributed by atoms with Crippen molar-refractivity contribution in [2.45, 2.75) is 69.5 Å². The van der Waals surface area contributed by atoms with Crippen LogP contribution in [0.15, 0.2) is 16.7 Å². The number of furan rings is 1. The third-order valence-electron chi connectivity index (χ3n) is 5.65. The van der Waals surface area contributed by atoms with Gasteiger partial charge in [-0.3, -0.25) is 0 Å². The van der Waals surface area contributed by atoms with Crippen LogP contribution in [0, 0.1) is 5.92 Å². The average molecular weight is 274 g/mol. The summed E-state index contributed by atoms with van der Waals surface area (Å²) in [5.41, 5.74) is 1.43. The van der Waals surface area contributed by atoms with Crippen LogP contribution in [-0.2, 0) is 6.42 Å². The predicted octanol–water partition coefficient (Wildman–Crippen LogP) is 3.17. The summed E-state index contributed by atoms with van der Waals surface area (Å²) in [5.74, 6) is 2.07. The maximum absolute atomic E-state index is 5.62. The van der Waals surface area contributed by atoms with Gasteiger partial charge in [0, 0.05) is 30.1 Å². The first kappa shape index (κ1) is 12.9. The zero-order valence-electron chi connectivity index (χ0n) is 12.2. The van der Waals surface area contributed by atoms with Gasteiger partial charge < -0.3 is 15.1 Å². The number of hydrogen-bond acceptors (Lipinski definition) is 3. The zero-order chi connectivity index (χ0) is 13.4. The minimum absolute atomic E-state index is 0.532.